The highest BCUT2D eigenvalue weighted by Crippen LogP contribution is 2.69. The van der Waals surface area contributed by atoms with Gasteiger partial charge in [-0.2, -0.15) is 38.0 Å². The minimum Gasteiger partial charge on any atom is -0.344 e. The standard InChI is InChI=1S/2C35H25ClF8N8O4S/c2*1-50-29-23(4-3-19(36)26(29)32(48-50)49-57(2,55)56)52-33(46-21-10-16(39)9-20(40)27(21)34(52)54)22(7-13-5-14(37)8-15(38)6-13)45-24(53)12-51-30-25(28(47-51)31(41)42)17-11-18(17)35(30,43)44/h2*3-6,8-10,17-18,22,31H,7,11-12H2,1-2H3,(H,45,53)(H,48,49)/t17-,18+,22?;17-,18+,22-/m00/s1. The molecule has 4 aliphatic carbocycles. The lowest BCUT2D eigenvalue weighted by molar-refractivity contribution is -0.123. The van der Waals surface area contributed by atoms with Crippen LogP contribution in [0.5, 0.6) is 0 Å². The highest BCUT2D eigenvalue weighted by atomic mass is 35.5. The van der Waals surface area contributed by atoms with E-state index >= 15 is 26.3 Å². The number of halogens is 18. The van der Waals surface area contributed by atoms with E-state index in [0.717, 1.165) is 55.3 Å². The lowest BCUT2D eigenvalue weighted by Gasteiger charge is -2.24. The molecule has 12 aromatic rings. The number of rotatable bonds is 20. The molecule has 6 aromatic carbocycles. The summed E-state index contributed by atoms with van der Waals surface area (Å²) >= 11 is 13.0. The van der Waals surface area contributed by atoms with Crippen molar-refractivity contribution in [2.75, 3.05) is 22.0 Å². The summed E-state index contributed by atoms with van der Waals surface area (Å²) in [5.74, 6) is -24.7. The van der Waals surface area contributed by atoms with Crippen LogP contribution in [0.4, 0.5) is 81.9 Å². The molecule has 6 aromatic heterocycles. The Labute approximate surface area is 638 Å². The summed E-state index contributed by atoms with van der Waals surface area (Å²) in [5, 5.41) is 18.8. The predicted molar refractivity (Wildman–Crippen MR) is 376 cm³/mol. The van der Waals surface area contributed by atoms with Crippen LogP contribution in [0, 0.1) is 58.4 Å². The summed E-state index contributed by atoms with van der Waals surface area (Å²) in [7, 11) is -5.25. The molecule has 2 saturated carbocycles. The molecule has 44 heteroatoms. The number of anilines is 2. The third-order valence-electron chi connectivity index (χ3n) is 19.6. The highest BCUT2D eigenvalue weighted by molar-refractivity contribution is 7.92. The molecule has 2 amide bonds. The van der Waals surface area contributed by atoms with Gasteiger partial charge in [0, 0.05) is 86.3 Å². The molecular weight excluding hydrogens is 1630 g/mol. The first-order chi connectivity index (χ1) is 53.5. The number of amides is 2. The Morgan fingerprint density at radius 3 is 1.18 bits per heavy atom. The van der Waals surface area contributed by atoms with Crippen molar-refractivity contribution in [2.24, 2.45) is 25.9 Å². The number of hydrogen-bond donors (Lipinski definition) is 4. The van der Waals surface area contributed by atoms with E-state index in [9.17, 15) is 79.9 Å². The average Bonchev–Trinajstić information content (AvgIpc) is 1.52. The van der Waals surface area contributed by atoms with E-state index in [4.69, 9.17) is 23.2 Å². The van der Waals surface area contributed by atoms with Crippen LogP contribution in [0.25, 0.3) is 55.0 Å². The SMILES string of the molecule is Cn1nc(NS(C)(=O)=O)c2c(Cl)ccc(-n3c(C(Cc4cc(F)cc(F)c4)NC(=O)Cn4nc(C(F)F)c5c4C(F)(F)[C@@H]4C[C@H]54)nc4cc(F)cc(F)c4c3=O)c21.Cn1nc(NS(C)(=O)=O)c2c(Cl)ccc(-n3c([C@H](Cc4cc(F)cc(F)c4)NC(=O)Cn4nc(C(F)F)c5c4C(F)(F)[C@@H]4C[C@H]54)nc4cc(F)cc(F)c4c3=O)c21. The molecule has 16 rings (SSSR count). The van der Waals surface area contributed by atoms with Crippen molar-refractivity contribution in [1.82, 2.24) is 68.9 Å². The fourth-order valence-corrected chi connectivity index (χ4v) is 16.7. The van der Waals surface area contributed by atoms with Gasteiger partial charge in [0.2, 0.25) is 31.9 Å². The summed E-state index contributed by atoms with van der Waals surface area (Å²) in [6, 6.07) is 8.35. The topological polar surface area (TPSA) is 292 Å². The maximum absolute atomic E-state index is 15.4. The maximum atomic E-state index is 15.4. The molecular formula is C70H50Cl2F16N16O8S2. The molecule has 596 valence electrons. The highest BCUT2D eigenvalue weighted by Gasteiger charge is 2.68. The second kappa shape index (κ2) is 27.9. The number of aryl methyl sites for hydroxylation is 2. The first kappa shape index (κ1) is 78.1. The zero-order valence-corrected chi connectivity index (χ0v) is 61.3. The number of nitrogens with zero attached hydrogens (tertiary/aromatic N) is 12. The van der Waals surface area contributed by atoms with Crippen molar-refractivity contribution in [3.63, 3.8) is 0 Å². The van der Waals surface area contributed by atoms with Crippen LogP contribution in [0.15, 0.2) is 94.5 Å². The first-order valence-corrected chi connectivity index (χ1v) is 38.1. The van der Waals surface area contributed by atoms with Gasteiger partial charge in [-0.3, -0.25) is 56.5 Å². The van der Waals surface area contributed by atoms with Crippen LogP contribution in [0.3, 0.4) is 0 Å². The molecule has 0 bridgehead atoms. The van der Waals surface area contributed by atoms with Gasteiger partial charge in [-0.1, -0.05) is 23.2 Å². The number of aromatic nitrogens is 12. The van der Waals surface area contributed by atoms with Gasteiger partial charge in [-0.15, -0.1) is 0 Å². The fourth-order valence-electron chi connectivity index (χ4n) is 15.3. The Hall–Kier alpha value is -11.1. The van der Waals surface area contributed by atoms with E-state index in [1.54, 1.807) is 0 Å². The van der Waals surface area contributed by atoms with Gasteiger partial charge in [-0.25, -0.2) is 79.5 Å². The van der Waals surface area contributed by atoms with Gasteiger partial charge in [0.05, 0.1) is 78.9 Å². The number of hydrogen-bond acceptors (Lipinski definition) is 14. The van der Waals surface area contributed by atoms with Gasteiger partial charge in [0.25, 0.3) is 35.8 Å². The second-order valence-electron chi connectivity index (χ2n) is 27.6. The minimum atomic E-state index is -3.97. The van der Waals surface area contributed by atoms with Crippen LogP contribution < -0.4 is 31.2 Å². The molecule has 0 aliphatic heterocycles. The summed E-state index contributed by atoms with van der Waals surface area (Å²) in [5.41, 5.74) is -8.66. The third kappa shape index (κ3) is 13.9. The molecule has 6 atom stereocenters. The van der Waals surface area contributed by atoms with Crippen molar-refractivity contribution in [3.05, 3.63) is 219 Å². The molecule has 0 spiro atoms. The Balaban J connectivity index is 0.000000180. The normalized spacial score (nSPS) is 17.6. The monoisotopic (exact) mass is 1680 g/mol. The maximum Gasteiger partial charge on any atom is 0.293 e. The van der Waals surface area contributed by atoms with E-state index < -0.39 is 232 Å². The Bertz CT molecular complexity index is 6110. The molecule has 4 aliphatic rings. The van der Waals surface area contributed by atoms with Crippen LogP contribution in [-0.2, 0) is 81.5 Å². The number of benzene rings is 6. The zero-order valence-electron chi connectivity index (χ0n) is 58.2. The third-order valence-corrected chi connectivity index (χ3v) is 21.4. The minimum absolute atomic E-state index is 0.0450. The first-order valence-electron chi connectivity index (χ1n) is 33.6. The van der Waals surface area contributed by atoms with E-state index in [2.05, 4.69) is 50.4 Å². The van der Waals surface area contributed by atoms with Crippen molar-refractivity contribution in [1.29, 1.82) is 0 Å². The van der Waals surface area contributed by atoms with E-state index in [1.807, 2.05) is 0 Å². The van der Waals surface area contributed by atoms with Crippen molar-refractivity contribution in [2.45, 2.75) is 87.4 Å². The number of fused-ring (bicyclic) bond motifs is 10. The van der Waals surface area contributed by atoms with Gasteiger partial charge in [-0.05, 0) is 84.3 Å². The average molecular weight is 1680 g/mol. The fraction of sp³-hybridized carbons (Fsp3) is 0.286. The van der Waals surface area contributed by atoms with Crippen molar-refractivity contribution >= 4 is 110 Å². The van der Waals surface area contributed by atoms with Crippen LogP contribution in [0.2, 0.25) is 10.0 Å². The predicted octanol–water partition coefficient (Wildman–Crippen LogP) is 12.6. The lowest BCUT2D eigenvalue weighted by Crippen LogP contribution is -2.38. The molecule has 6 heterocycles. The number of carbonyl (C=O) groups is 2. The largest absolute Gasteiger partial charge is 0.344 e. The van der Waals surface area contributed by atoms with Gasteiger partial charge in [0.15, 0.2) is 11.6 Å². The Kier molecular flexibility index (Phi) is 19.1. The zero-order chi connectivity index (χ0) is 82.1. The van der Waals surface area contributed by atoms with Crippen LogP contribution >= 0.6 is 23.2 Å². The van der Waals surface area contributed by atoms with Gasteiger partial charge < -0.3 is 10.6 Å². The number of sulfonamides is 2. The van der Waals surface area contributed by atoms with Gasteiger partial charge >= 0.3 is 0 Å². The van der Waals surface area contributed by atoms with E-state index in [1.165, 1.54) is 38.4 Å². The van der Waals surface area contributed by atoms with E-state index in [-0.39, 0.29) is 90.0 Å². The summed E-state index contributed by atoms with van der Waals surface area (Å²) < 4.78 is 294. The van der Waals surface area contributed by atoms with Crippen LogP contribution in [-0.4, -0.2) is 99.4 Å². The summed E-state index contributed by atoms with van der Waals surface area (Å²) in [6.07, 6.45) is -6.14. The van der Waals surface area contributed by atoms with Crippen LogP contribution in [0.1, 0.15) is 106 Å². The number of alkyl halides is 8. The molecule has 0 saturated heterocycles. The molecule has 114 heavy (non-hydrogen) atoms. The molecule has 24 nitrogen and oxygen atoms in total. The van der Waals surface area contributed by atoms with E-state index in [0.29, 0.717) is 45.8 Å². The smallest absolute Gasteiger partial charge is 0.293 e. The number of nitrogens with one attached hydrogen (secondary N) is 4. The molecule has 1 unspecified atom stereocenters. The number of carbonyl (C=O) groups excluding carboxylic acids is 2. The Morgan fingerprint density at radius 2 is 0.851 bits per heavy atom. The van der Waals surface area contributed by atoms with Crippen molar-refractivity contribution < 1.29 is 96.7 Å². The molecule has 2 fully saturated rings. The summed E-state index contributed by atoms with van der Waals surface area (Å²) in [6.45, 7) is -2.15. The Morgan fingerprint density at radius 1 is 0.509 bits per heavy atom. The van der Waals surface area contributed by atoms with Gasteiger partial charge in [0.1, 0.15) is 105 Å². The molecule has 4 N–H and O–H groups in total. The summed E-state index contributed by atoms with van der Waals surface area (Å²) in [4.78, 5) is 65.4. The van der Waals surface area contributed by atoms with Crippen molar-refractivity contribution in [3.8, 4) is 11.4 Å². The quantitative estimate of drug-likeness (QED) is 0.0516. The molecule has 0 radical (unpaired) electrons. The lowest BCUT2D eigenvalue weighted by atomic mass is 10.0. The second-order valence-corrected chi connectivity index (χ2v) is 31.9.